The van der Waals surface area contributed by atoms with E-state index in [1.54, 1.807) is 11.8 Å². The first kappa shape index (κ1) is 16.9. The first-order valence-electron chi connectivity index (χ1n) is 8.99. The molecule has 2 aromatic rings. The van der Waals surface area contributed by atoms with Gasteiger partial charge in [-0.05, 0) is 12.5 Å². The maximum Gasteiger partial charge on any atom is 0.233 e. The number of amides is 1. The second kappa shape index (κ2) is 7.40. The van der Waals surface area contributed by atoms with E-state index in [4.69, 9.17) is 4.74 Å². The van der Waals surface area contributed by atoms with E-state index in [0.717, 1.165) is 45.8 Å². The van der Waals surface area contributed by atoms with Crippen molar-refractivity contribution in [3.8, 4) is 0 Å². The number of morpholine rings is 1. The summed E-state index contributed by atoms with van der Waals surface area (Å²) < 4.78 is 7.57. The summed E-state index contributed by atoms with van der Waals surface area (Å²) in [6.45, 7) is 5.55. The van der Waals surface area contributed by atoms with Crippen molar-refractivity contribution in [3.05, 3.63) is 36.0 Å². The SMILES string of the molecule is Cn1cc(C2SCC(=O)N2CCCN2CCOCC2)c2ccccc21. The first-order chi connectivity index (χ1) is 12.2. The molecule has 2 aliphatic heterocycles. The summed E-state index contributed by atoms with van der Waals surface area (Å²) in [7, 11) is 2.08. The van der Waals surface area contributed by atoms with Gasteiger partial charge in [-0.2, -0.15) is 0 Å². The Balaban J connectivity index is 1.47. The predicted molar refractivity (Wildman–Crippen MR) is 102 cm³/mol. The van der Waals surface area contributed by atoms with Crippen molar-refractivity contribution in [1.82, 2.24) is 14.4 Å². The van der Waals surface area contributed by atoms with Crippen molar-refractivity contribution >= 4 is 28.6 Å². The minimum Gasteiger partial charge on any atom is -0.379 e. The maximum atomic E-state index is 12.4. The molecule has 2 saturated heterocycles. The molecule has 2 aliphatic rings. The van der Waals surface area contributed by atoms with E-state index >= 15 is 0 Å². The molecule has 0 saturated carbocycles. The van der Waals surface area contributed by atoms with Gasteiger partial charge in [-0.25, -0.2) is 0 Å². The van der Waals surface area contributed by atoms with Crippen LogP contribution in [0.4, 0.5) is 0 Å². The minimum atomic E-state index is 0.142. The predicted octanol–water partition coefficient (Wildman–Crippen LogP) is 2.47. The first-order valence-corrected chi connectivity index (χ1v) is 10.0. The van der Waals surface area contributed by atoms with E-state index < -0.39 is 0 Å². The number of carbonyl (C=O) groups excluding carboxylic acids is 1. The van der Waals surface area contributed by atoms with Crippen LogP contribution in [0.15, 0.2) is 30.5 Å². The highest BCUT2D eigenvalue weighted by Gasteiger charge is 2.34. The molecule has 3 heterocycles. The van der Waals surface area contributed by atoms with Gasteiger partial charge < -0.3 is 14.2 Å². The molecule has 1 aromatic carbocycles. The van der Waals surface area contributed by atoms with E-state index in [-0.39, 0.29) is 11.3 Å². The second-order valence-electron chi connectivity index (χ2n) is 6.77. The highest BCUT2D eigenvalue weighted by molar-refractivity contribution is 8.00. The van der Waals surface area contributed by atoms with Crippen LogP contribution in [0.2, 0.25) is 0 Å². The fourth-order valence-electron chi connectivity index (χ4n) is 3.81. The number of ether oxygens (including phenoxy) is 1. The molecule has 134 valence electrons. The van der Waals surface area contributed by atoms with Crippen molar-refractivity contribution < 1.29 is 9.53 Å². The molecule has 0 spiro atoms. The second-order valence-corrected chi connectivity index (χ2v) is 7.84. The molecule has 1 amide bonds. The molecule has 2 fully saturated rings. The highest BCUT2D eigenvalue weighted by atomic mass is 32.2. The Morgan fingerprint density at radius 2 is 2.00 bits per heavy atom. The smallest absolute Gasteiger partial charge is 0.233 e. The van der Waals surface area contributed by atoms with Gasteiger partial charge in [0.1, 0.15) is 5.37 Å². The van der Waals surface area contributed by atoms with Crippen LogP contribution in [0.25, 0.3) is 10.9 Å². The van der Waals surface area contributed by atoms with Crippen molar-refractivity contribution in [2.24, 2.45) is 7.05 Å². The number of nitrogens with zero attached hydrogens (tertiary/aromatic N) is 3. The average molecular weight is 359 g/mol. The minimum absolute atomic E-state index is 0.142. The van der Waals surface area contributed by atoms with Gasteiger partial charge in [0.05, 0.1) is 19.0 Å². The van der Waals surface area contributed by atoms with Crippen LogP contribution in [-0.2, 0) is 16.6 Å². The Labute approximate surface area is 152 Å². The highest BCUT2D eigenvalue weighted by Crippen LogP contribution is 2.42. The van der Waals surface area contributed by atoms with Crippen LogP contribution < -0.4 is 0 Å². The number of thioether (sulfide) groups is 1. The fraction of sp³-hybridized carbons (Fsp3) is 0.526. The van der Waals surface area contributed by atoms with Gasteiger partial charge in [-0.1, -0.05) is 18.2 Å². The summed E-state index contributed by atoms with van der Waals surface area (Å²) in [5.41, 5.74) is 2.49. The van der Waals surface area contributed by atoms with E-state index in [1.807, 2.05) is 0 Å². The molecule has 4 rings (SSSR count). The number of fused-ring (bicyclic) bond motifs is 1. The molecular weight excluding hydrogens is 334 g/mol. The average Bonchev–Trinajstić information content (AvgIpc) is 3.17. The van der Waals surface area contributed by atoms with Gasteiger partial charge in [-0.15, -0.1) is 11.8 Å². The summed E-state index contributed by atoms with van der Waals surface area (Å²) in [4.78, 5) is 17.0. The lowest BCUT2D eigenvalue weighted by Crippen LogP contribution is -2.38. The maximum absolute atomic E-state index is 12.4. The third kappa shape index (κ3) is 3.43. The Morgan fingerprint density at radius 1 is 1.20 bits per heavy atom. The van der Waals surface area contributed by atoms with Crippen LogP contribution in [0.3, 0.4) is 0 Å². The topological polar surface area (TPSA) is 37.7 Å². The number of aryl methyl sites for hydroxylation is 1. The van der Waals surface area contributed by atoms with Crippen LogP contribution in [0.1, 0.15) is 17.4 Å². The number of hydrogen-bond donors (Lipinski definition) is 0. The van der Waals surface area contributed by atoms with Gasteiger partial charge >= 0.3 is 0 Å². The monoisotopic (exact) mass is 359 g/mol. The summed E-state index contributed by atoms with van der Waals surface area (Å²) in [6.07, 6.45) is 3.21. The number of benzene rings is 1. The summed E-state index contributed by atoms with van der Waals surface area (Å²) in [5.74, 6) is 0.857. The Kier molecular flexibility index (Phi) is 5.01. The van der Waals surface area contributed by atoms with E-state index in [9.17, 15) is 4.79 Å². The third-order valence-corrected chi connectivity index (χ3v) is 6.38. The van der Waals surface area contributed by atoms with E-state index in [0.29, 0.717) is 5.75 Å². The zero-order valence-corrected chi connectivity index (χ0v) is 15.5. The lowest BCUT2D eigenvalue weighted by molar-refractivity contribution is -0.128. The number of para-hydroxylation sites is 1. The van der Waals surface area contributed by atoms with Crippen LogP contribution in [0, 0.1) is 0 Å². The van der Waals surface area contributed by atoms with Gasteiger partial charge in [0.2, 0.25) is 5.91 Å². The van der Waals surface area contributed by atoms with E-state index in [1.165, 1.54) is 16.5 Å². The molecule has 0 bridgehead atoms. The fourth-order valence-corrected chi connectivity index (χ4v) is 5.05. The lowest BCUT2D eigenvalue weighted by Gasteiger charge is -2.28. The van der Waals surface area contributed by atoms with Gasteiger partial charge in [0, 0.05) is 55.9 Å². The summed E-state index contributed by atoms with van der Waals surface area (Å²) >= 11 is 1.76. The summed E-state index contributed by atoms with van der Waals surface area (Å²) in [5, 5.41) is 1.40. The zero-order valence-electron chi connectivity index (χ0n) is 14.7. The van der Waals surface area contributed by atoms with Crippen LogP contribution in [-0.4, -0.2) is 65.4 Å². The Hall–Kier alpha value is -1.50. The molecule has 0 N–H and O–H groups in total. The Morgan fingerprint density at radius 3 is 2.84 bits per heavy atom. The number of aromatic nitrogens is 1. The third-order valence-electron chi connectivity index (χ3n) is 5.14. The van der Waals surface area contributed by atoms with Gasteiger partial charge in [0.25, 0.3) is 0 Å². The van der Waals surface area contributed by atoms with Crippen molar-refractivity contribution in [2.75, 3.05) is 45.1 Å². The van der Waals surface area contributed by atoms with Crippen LogP contribution in [0.5, 0.6) is 0 Å². The number of carbonyl (C=O) groups is 1. The largest absolute Gasteiger partial charge is 0.379 e. The van der Waals surface area contributed by atoms with Crippen LogP contribution >= 0.6 is 11.8 Å². The van der Waals surface area contributed by atoms with E-state index in [2.05, 4.69) is 51.9 Å². The van der Waals surface area contributed by atoms with Crippen molar-refractivity contribution in [1.29, 1.82) is 0 Å². The number of hydrogen-bond acceptors (Lipinski definition) is 4. The standard InChI is InChI=1S/C19H25N3O2S/c1-20-13-16(15-5-2-3-6-17(15)20)19-22(18(23)14-25-19)8-4-7-21-9-11-24-12-10-21/h2-3,5-6,13,19H,4,7-12,14H2,1H3. The molecule has 5 nitrogen and oxygen atoms in total. The molecule has 0 radical (unpaired) electrons. The summed E-state index contributed by atoms with van der Waals surface area (Å²) in [6, 6.07) is 8.46. The molecule has 25 heavy (non-hydrogen) atoms. The molecule has 1 atom stereocenters. The molecule has 1 aromatic heterocycles. The quantitative estimate of drug-likeness (QED) is 0.822. The molecular formula is C19H25N3O2S. The van der Waals surface area contributed by atoms with Crippen molar-refractivity contribution in [3.63, 3.8) is 0 Å². The number of rotatable bonds is 5. The normalized spacial score (nSPS) is 22.2. The molecule has 1 unspecified atom stereocenters. The zero-order chi connectivity index (χ0) is 17.2. The van der Waals surface area contributed by atoms with Gasteiger partial charge in [0.15, 0.2) is 0 Å². The van der Waals surface area contributed by atoms with Crippen molar-refractivity contribution in [2.45, 2.75) is 11.8 Å². The Bertz CT molecular complexity index is 754. The van der Waals surface area contributed by atoms with Gasteiger partial charge in [-0.3, -0.25) is 9.69 Å². The molecule has 6 heteroatoms. The lowest BCUT2D eigenvalue weighted by atomic mass is 10.1. The molecule has 0 aliphatic carbocycles.